The summed E-state index contributed by atoms with van der Waals surface area (Å²) < 4.78 is 26.6. The first kappa shape index (κ1) is 15.1. The van der Waals surface area contributed by atoms with Gasteiger partial charge in [-0.15, -0.1) is 0 Å². The Morgan fingerprint density at radius 1 is 1.35 bits per heavy atom. The van der Waals surface area contributed by atoms with Gasteiger partial charge in [-0.1, -0.05) is 17.7 Å². The summed E-state index contributed by atoms with van der Waals surface area (Å²) >= 11 is 9.02. The van der Waals surface area contributed by atoms with Crippen LogP contribution < -0.4 is 4.31 Å². The van der Waals surface area contributed by atoms with Gasteiger partial charge in [0, 0.05) is 23.8 Å². The number of halogens is 2. The summed E-state index contributed by atoms with van der Waals surface area (Å²) in [6.45, 7) is 0. The second kappa shape index (κ2) is 5.59. The van der Waals surface area contributed by atoms with Gasteiger partial charge in [-0.2, -0.15) is 0 Å². The molecule has 0 bridgehead atoms. The van der Waals surface area contributed by atoms with Crippen LogP contribution in [0.3, 0.4) is 0 Å². The third-order valence-corrected chi connectivity index (χ3v) is 5.25. The minimum atomic E-state index is -3.86. The van der Waals surface area contributed by atoms with Crippen molar-refractivity contribution < 1.29 is 13.5 Å². The van der Waals surface area contributed by atoms with Crippen LogP contribution in [0.15, 0.2) is 45.9 Å². The fourth-order valence-electron chi connectivity index (χ4n) is 1.56. The van der Waals surface area contributed by atoms with Crippen LogP contribution >= 0.6 is 27.5 Å². The third-order valence-electron chi connectivity index (χ3n) is 2.61. The molecule has 1 aromatic carbocycles. The lowest BCUT2D eigenvalue weighted by Crippen LogP contribution is -2.27. The van der Waals surface area contributed by atoms with E-state index in [4.69, 9.17) is 11.6 Å². The number of aromatic nitrogens is 1. The molecule has 2 rings (SSSR count). The van der Waals surface area contributed by atoms with Crippen molar-refractivity contribution in [1.82, 2.24) is 4.98 Å². The van der Waals surface area contributed by atoms with Crippen LogP contribution in [0.2, 0.25) is 5.15 Å². The summed E-state index contributed by atoms with van der Waals surface area (Å²) in [6.07, 6.45) is 1.41. The van der Waals surface area contributed by atoms with Crippen molar-refractivity contribution in [2.75, 3.05) is 11.4 Å². The van der Waals surface area contributed by atoms with Gasteiger partial charge in [0.1, 0.15) is 15.8 Å². The molecule has 0 spiro atoms. The van der Waals surface area contributed by atoms with Gasteiger partial charge >= 0.3 is 0 Å². The number of nitrogens with zero attached hydrogens (tertiary/aromatic N) is 2. The van der Waals surface area contributed by atoms with Gasteiger partial charge < -0.3 is 5.11 Å². The Morgan fingerprint density at radius 3 is 2.70 bits per heavy atom. The SMILES string of the molecule is CN(c1cccc(O)c1)S(=O)(=O)c1cc(Br)cnc1Cl. The molecule has 0 fully saturated rings. The first-order chi connectivity index (χ1) is 9.32. The fraction of sp³-hybridized carbons (Fsp3) is 0.0833. The number of aromatic hydroxyl groups is 1. The molecule has 0 atom stereocenters. The molecular formula is C12H10BrClN2O3S. The lowest BCUT2D eigenvalue weighted by atomic mass is 10.3. The minimum Gasteiger partial charge on any atom is -0.508 e. The normalized spacial score (nSPS) is 11.3. The van der Waals surface area contributed by atoms with Crippen LogP contribution in [0.1, 0.15) is 0 Å². The summed E-state index contributed by atoms with van der Waals surface area (Å²) in [5, 5.41) is 9.32. The quantitative estimate of drug-likeness (QED) is 0.835. The lowest BCUT2D eigenvalue weighted by molar-refractivity contribution is 0.475. The molecule has 5 nitrogen and oxygen atoms in total. The maximum absolute atomic E-state index is 12.5. The van der Waals surface area contributed by atoms with E-state index < -0.39 is 10.0 Å². The Balaban J connectivity index is 2.52. The summed E-state index contributed by atoms with van der Waals surface area (Å²) in [5.74, 6) is -0.0250. The Kier molecular flexibility index (Phi) is 4.22. The van der Waals surface area contributed by atoms with Gasteiger partial charge in [0.2, 0.25) is 0 Å². The van der Waals surface area contributed by atoms with E-state index in [2.05, 4.69) is 20.9 Å². The summed E-state index contributed by atoms with van der Waals surface area (Å²) in [4.78, 5) is 3.69. The molecule has 0 aliphatic rings. The number of hydrogen-bond donors (Lipinski definition) is 1. The van der Waals surface area contributed by atoms with Crippen LogP contribution in [0.25, 0.3) is 0 Å². The van der Waals surface area contributed by atoms with Crippen molar-refractivity contribution in [2.45, 2.75) is 4.90 Å². The number of sulfonamides is 1. The summed E-state index contributed by atoms with van der Waals surface area (Å²) in [5.41, 5.74) is 0.320. The molecule has 0 aliphatic heterocycles. The molecule has 0 amide bonds. The van der Waals surface area contributed by atoms with E-state index in [1.165, 1.54) is 31.4 Å². The smallest absolute Gasteiger partial charge is 0.267 e. The molecule has 8 heteroatoms. The monoisotopic (exact) mass is 376 g/mol. The van der Waals surface area contributed by atoms with Crippen molar-refractivity contribution in [1.29, 1.82) is 0 Å². The first-order valence-electron chi connectivity index (χ1n) is 5.41. The van der Waals surface area contributed by atoms with Gasteiger partial charge in [0.15, 0.2) is 0 Å². The lowest BCUT2D eigenvalue weighted by Gasteiger charge is -2.20. The minimum absolute atomic E-state index is 0.0250. The van der Waals surface area contributed by atoms with Crippen LogP contribution in [-0.4, -0.2) is 25.6 Å². The zero-order chi connectivity index (χ0) is 14.9. The van der Waals surface area contributed by atoms with Crippen molar-refractivity contribution >= 4 is 43.2 Å². The average Bonchev–Trinajstić information content (AvgIpc) is 2.40. The molecule has 0 saturated carbocycles. The topological polar surface area (TPSA) is 70.5 Å². The number of phenolic OH excluding ortho intramolecular Hbond substituents is 1. The van der Waals surface area contributed by atoms with Gasteiger partial charge in [-0.25, -0.2) is 13.4 Å². The maximum atomic E-state index is 12.5. The van der Waals surface area contributed by atoms with Crippen LogP contribution in [0.5, 0.6) is 5.75 Å². The molecular weight excluding hydrogens is 368 g/mol. The Labute approximate surface area is 130 Å². The molecule has 20 heavy (non-hydrogen) atoms. The highest BCUT2D eigenvalue weighted by atomic mass is 79.9. The standard InChI is InChI=1S/C12H10BrClN2O3S/c1-16(9-3-2-4-10(17)6-9)20(18,19)11-5-8(13)7-15-12(11)14/h2-7,17H,1H3. The Morgan fingerprint density at radius 2 is 2.05 bits per heavy atom. The van der Waals surface area contributed by atoms with Crippen LogP contribution in [0, 0.1) is 0 Å². The van der Waals surface area contributed by atoms with Crippen molar-refractivity contribution in [3.8, 4) is 5.75 Å². The maximum Gasteiger partial charge on any atom is 0.267 e. The predicted octanol–water partition coefficient (Wildman–Crippen LogP) is 3.03. The highest BCUT2D eigenvalue weighted by Crippen LogP contribution is 2.29. The predicted molar refractivity (Wildman–Crippen MR) is 80.6 cm³/mol. The van der Waals surface area contributed by atoms with Gasteiger partial charge in [0.25, 0.3) is 10.0 Å². The van der Waals surface area contributed by atoms with E-state index in [1.807, 2.05) is 0 Å². The van der Waals surface area contributed by atoms with Gasteiger partial charge in [-0.05, 0) is 34.1 Å². The highest BCUT2D eigenvalue weighted by molar-refractivity contribution is 9.10. The van der Waals surface area contributed by atoms with Crippen molar-refractivity contribution in [3.05, 3.63) is 46.2 Å². The number of phenols is 1. The molecule has 106 valence electrons. The second-order valence-electron chi connectivity index (χ2n) is 3.93. The Bertz CT molecular complexity index is 752. The number of pyridine rings is 1. The molecule has 1 N–H and O–H groups in total. The van der Waals surface area contributed by atoms with E-state index in [0.717, 1.165) is 4.31 Å². The van der Waals surface area contributed by atoms with E-state index in [1.54, 1.807) is 12.1 Å². The number of rotatable bonds is 3. The van der Waals surface area contributed by atoms with Crippen LogP contribution in [0.4, 0.5) is 5.69 Å². The highest BCUT2D eigenvalue weighted by Gasteiger charge is 2.25. The number of hydrogen-bond acceptors (Lipinski definition) is 4. The molecule has 1 heterocycles. The number of anilines is 1. The van der Waals surface area contributed by atoms with Crippen LogP contribution in [-0.2, 0) is 10.0 Å². The largest absolute Gasteiger partial charge is 0.508 e. The van der Waals surface area contributed by atoms with Crippen molar-refractivity contribution in [3.63, 3.8) is 0 Å². The average molecular weight is 378 g/mol. The summed E-state index contributed by atoms with van der Waals surface area (Å²) in [7, 11) is -2.49. The van der Waals surface area contributed by atoms with E-state index in [9.17, 15) is 13.5 Å². The zero-order valence-electron chi connectivity index (χ0n) is 10.3. The second-order valence-corrected chi connectivity index (χ2v) is 7.15. The van der Waals surface area contributed by atoms with Gasteiger partial charge in [0.05, 0.1) is 5.69 Å². The van der Waals surface area contributed by atoms with Gasteiger partial charge in [-0.3, -0.25) is 4.31 Å². The third kappa shape index (κ3) is 2.89. The summed E-state index contributed by atoms with van der Waals surface area (Å²) in [6, 6.07) is 7.30. The Hall–Kier alpha value is -1.31. The fourth-order valence-corrected chi connectivity index (χ4v) is 3.67. The van der Waals surface area contributed by atoms with E-state index in [-0.39, 0.29) is 15.8 Å². The molecule has 0 unspecified atom stereocenters. The molecule has 0 saturated heterocycles. The van der Waals surface area contributed by atoms with Crippen molar-refractivity contribution in [2.24, 2.45) is 0 Å². The van der Waals surface area contributed by atoms with E-state index >= 15 is 0 Å². The molecule has 0 aliphatic carbocycles. The molecule has 1 aromatic heterocycles. The number of benzene rings is 1. The zero-order valence-corrected chi connectivity index (χ0v) is 13.4. The first-order valence-corrected chi connectivity index (χ1v) is 8.02. The molecule has 0 radical (unpaired) electrons. The van der Waals surface area contributed by atoms with E-state index in [0.29, 0.717) is 10.2 Å². The molecule has 2 aromatic rings.